The summed E-state index contributed by atoms with van der Waals surface area (Å²) in [7, 11) is 0. The summed E-state index contributed by atoms with van der Waals surface area (Å²) in [4.78, 5) is 12.7. The van der Waals surface area contributed by atoms with Crippen molar-refractivity contribution in [2.45, 2.75) is 19.1 Å². The molecule has 2 atom stereocenters. The van der Waals surface area contributed by atoms with Crippen LogP contribution in [-0.4, -0.2) is 41.3 Å². The van der Waals surface area contributed by atoms with E-state index in [2.05, 4.69) is 0 Å². The molecule has 0 bridgehead atoms. The fourth-order valence-electron chi connectivity index (χ4n) is 1.64. The fraction of sp³-hybridized carbons (Fsp3) is 0.500. The molecule has 5 heteroatoms. The second-order valence-electron chi connectivity index (χ2n) is 3.73. The van der Waals surface area contributed by atoms with E-state index in [0.717, 1.165) is 0 Å². The zero-order valence-electron chi connectivity index (χ0n) is 8.38. The van der Waals surface area contributed by atoms with Gasteiger partial charge in [-0.25, -0.2) is 0 Å². The average Bonchev–Trinajstić information content (AvgIpc) is 2.74. The fourth-order valence-corrected chi connectivity index (χ4v) is 1.64. The molecular weight excluding hydrogens is 198 g/mol. The quantitative estimate of drug-likeness (QED) is 0.675. The lowest BCUT2D eigenvalue weighted by atomic mass is 10.3. The second-order valence-corrected chi connectivity index (χ2v) is 3.73. The highest BCUT2D eigenvalue weighted by Crippen LogP contribution is 2.23. The highest BCUT2D eigenvalue weighted by Gasteiger charge is 2.31. The van der Waals surface area contributed by atoms with E-state index in [1.807, 2.05) is 0 Å². The van der Waals surface area contributed by atoms with Crippen molar-refractivity contribution in [2.75, 3.05) is 18.0 Å². The maximum atomic E-state index is 11.0. The summed E-state index contributed by atoms with van der Waals surface area (Å²) in [5.74, 6) is 0.665. The number of hydrogen-bond donors (Lipinski definition) is 2. The van der Waals surface area contributed by atoms with Gasteiger partial charge in [0.25, 0.3) is 0 Å². The molecule has 2 N–H and O–H groups in total. The van der Waals surface area contributed by atoms with E-state index in [1.54, 1.807) is 17.0 Å². The van der Waals surface area contributed by atoms with Crippen LogP contribution in [0.4, 0.5) is 5.88 Å². The molecule has 2 unspecified atom stereocenters. The summed E-state index contributed by atoms with van der Waals surface area (Å²) in [6.07, 6.45) is -1.51. The van der Waals surface area contributed by atoms with E-state index < -0.39 is 12.2 Å². The Kier molecular flexibility index (Phi) is 2.50. The lowest BCUT2D eigenvalue weighted by Gasteiger charge is -2.12. The van der Waals surface area contributed by atoms with E-state index in [1.165, 1.54) is 6.92 Å². The van der Waals surface area contributed by atoms with Gasteiger partial charge < -0.3 is 19.5 Å². The third-order valence-corrected chi connectivity index (χ3v) is 2.51. The Morgan fingerprint density at radius 2 is 2.00 bits per heavy atom. The summed E-state index contributed by atoms with van der Waals surface area (Å²) >= 11 is 0. The molecule has 2 rings (SSSR count). The first-order valence-electron chi connectivity index (χ1n) is 4.80. The number of furan rings is 1. The zero-order valence-corrected chi connectivity index (χ0v) is 8.38. The summed E-state index contributed by atoms with van der Waals surface area (Å²) in [5, 5.41) is 18.7. The van der Waals surface area contributed by atoms with Gasteiger partial charge in [0.2, 0.25) is 0 Å². The molecule has 0 aliphatic carbocycles. The Morgan fingerprint density at radius 1 is 1.40 bits per heavy atom. The van der Waals surface area contributed by atoms with Crippen LogP contribution in [0.15, 0.2) is 16.5 Å². The largest absolute Gasteiger partial charge is 0.437 e. The van der Waals surface area contributed by atoms with Gasteiger partial charge in [0.15, 0.2) is 17.4 Å². The Hall–Kier alpha value is -1.33. The molecule has 0 saturated carbocycles. The van der Waals surface area contributed by atoms with E-state index in [-0.39, 0.29) is 5.78 Å². The number of carbonyl (C=O) groups excluding carboxylic acids is 1. The van der Waals surface area contributed by atoms with Crippen LogP contribution in [0.2, 0.25) is 0 Å². The molecule has 1 fully saturated rings. The molecule has 5 nitrogen and oxygen atoms in total. The minimum atomic E-state index is -0.754. The molecule has 0 radical (unpaired) electrons. The van der Waals surface area contributed by atoms with E-state index >= 15 is 0 Å². The van der Waals surface area contributed by atoms with E-state index in [9.17, 15) is 15.0 Å². The molecule has 1 aliphatic heterocycles. The van der Waals surface area contributed by atoms with Crippen LogP contribution in [0.1, 0.15) is 17.5 Å². The number of ketones is 1. The number of aliphatic hydroxyl groups is 2. The number of β-amino-alcohol motifs (C(OH)–C–C–N with tert-alkyl or cyclic N) is 2. The molecule has 1 aromatic rings. The summed E-state index contributed by atoms with van der Waals surface area (Å²) in [5.41, 5.74) is 0. The van der Waals surface area contributed by atoms with Gasteiger partial charge in [0.05, 0.1) is 12.2 Å². The van der Waals surface area contributed by atoms with Gasteiger partial charge in [-0.1, -0.05) is 0 Å². The minimum Gasteiger partial charge on any atom is -0.437 e. The van der Waals surface area contributed by atoms with Gasteiger partial charge in [0.1, 0.15) is 0 Å². The molecule has 82 valence electrons. The lowest BCUT2D eigenvalue weighted by Crippen LogP contribution is -2.22. The van der Waals surface area contributed by atoms with E-state index in [0.29, 0.717) is 24.7 Å². The van der Waals surface area contributed by atoms with Gasteiger partial charge in [-0.05, 0) is 6.07 Å². The number of hydrogen-bond acceptors (Lipinski definition) is 5. The molecule has 0 spiro atoms. The van der Waals surface area contributed by atoms with Crippen molar-refractivity contribution >= 4 is 11.7 Å². The molecule has 2 heterocycles. The van der Waals surface area contributed by atoms with Crippen molar-refractivity contribution in [3.63, 3.8) is 0 Å². The maximum absolute atomic E-state index is 11.0. The molecule has 1 aliphatic rings. The molecule has 1 aromatic heterocycles. The van der Waals surface area contributed by atoms with Gasteiger partial charge in [0, 0.05) is 26.1 Å². The SMILES string of the molecule is CC(=O)c1ccc(N2CC(O)C(O)C2)o1. The zero-order chi connectivity index (χ0) is 11.0. The smallest absolute Gasteiger partial charge is 0.196 e. The average molecular weight is 211 g/mol. The summed E-state index contributed by atoms with van der Waals surface area (Å²) < 4.78 is 5.28. The number of rotatable bonds is 2. The van der Waals surface area contributed by atoms with Crippen LogP contribution >= 0.6 is 0 Å². The van der Waals surface area contributed by atoms with Crippen LogP contribution in [0.5, 0.6) is 0 Å². The monoisotopic (exact) mass is 211 g/mol. The Bertz CT molecular complexity index is 363. The van der Waals surface area contributed by atoms with E-state index in [4.69, 9.17) is 4.42 Å². The van der Waals surface area contributed by atoms with Crippen LogP contribution < -0.4 is 4.90 Å². The maximum Gasteiger partial charge on any atom is 0.196 e. The molecule has 0 aromatic carbocycles. The van der Waals surface area contributed by atoms with Crippen molar-refractivity contribution in [1.82, 2.24) is 0 Å². The van der Waals surface area contributed by atoms with Crippen LogP contribution in [0.25, 0.3) is 0 Å². The number of Topliss-reactive ketones (excluding diaryl/α,β-unsaturated/α-hetero) is 1. The van der Waals surface area contributed by atoms with Crippen LogP contribution in [0.3, 0.4) is 0 Å². The number of anilines is 1. The molecule has 1 saturated heterocycles. The van der Waals surface area contributed by atoms with Gasteiger partial charge in [-0.3, -0.25) is 4.79 Å². The van der Waals surface area contributed by atoms with Crippen LogP contribution in [-0.2, 0) is 0 Å². The molecular formula is C10H13NO4. The van der Waals surface area contributed by atoms with Crippen molar-refractivity contribution in [3.05, 3.63) is 17.9 Å². The Morgan fingerprint density at radius 3 is 2.47 bits per heavy atom. The predicted molar refractivity (Wildman–Crippen MR) is 52.9 cm³/mol. The third-order valence-electron chi connectivity index (χ3n) is 2.51. The normalized spacial score (nSPS) is 25.9. The van der Waals surface area contributed by atoms with Crippen molar-refractivity contribution in [1.29, 1.82) is 0 Å². The number of aliphatic hydroxyl groups excluding tert-OH is 2. The highest BCUT2D eigenvalue weighted by molar-refractivity contribution is 5.91. The third kappa shape index (κ3) is 1.88. The predicted octanol–water partition coefficient (Wildman–Crippen LogP) is 0.0240. The van der Waals surface area contributed by atoms with Crippen LogP contribution in [0, 0.1) is 0 Å². The first-order valence-corrected chi connectivity index (χ1v) is 4.80. The first kappa shape index (κ1) is 10.2. The minimum absolute atomic E-state index is 0.137. The standard InChI is InChI=1S/C10H13NO4/c1-6(12)9-2-3-10(15-9)11-4-7(13)8(14)5-11/h2-3,7-8,13-14H,4-5H2,1H3. The van der Waals surface area contributed by atoms with Gasteiger partial charge >= 0.3 is 0 Å². The summed E-state index contributed by atoms with van der Waals surface area (Å²) in [6, 6.07) is 3.26. The van der Waals surface area contributed by atoms with Gasteiger partial charge in [-0.15, -0.1) is 0 Å². The Labute approximate surface area is 86.9 Å². The van der Waals surface area contributed by atoms with Gasteiger partial charge in [-0.2, -0.15) is 0 Å². The lowest BCUT2D eigenvalue weighted by molar-refractivity contribution is 0.0572. The van der Waals surface area contributed by atoms with Crippen molar-refractivity contribution in [3.8, 4) is 0 Å². The summed E-state index contributed by atoms with van der Waals surface area (Å²) in [6.45, 7) is 2.08. The van der Waals surface area contributed by atoms with Crippen molar-refractivity contribution in [2.24, 2.45) is 0 Å². The second kappa shape index (κ2) is 3.67. The first-order chi connectivity index (χ1) is 7.08. The van der Waals surface area contributed by atoms with Crippen molar-refractivity contribution < 1.29 is 19.4 Å². The molecule has 15 heavy (non-hydrogen) atoms. The Balaban J connectivity index is 2.14. The number of carbonyl (C=O) groups is 1. The molecule has 0 amide bonds. The topological polar surface area (TPSA) is 73.9 Å². The highest BCUT2D eigenvalue weighted by atomic mass is 16.4. The number of nitrogens with zero attached hydrogens (tertiary/aromatic N) is 1.